The lowest BCUT2D eigenvalue weighted by Gasteiger charge is -2.20. The van der Waals surface area contributed by atoms with Crippen LogP contribution in [0.4, 0.5) is 5.69 Å². The molecule has 3 rings (SSSR count). The van der Waals surface area contributed by atoms with Gasteiger partial charge in [0.05, 0.1) is 11.3 Å². The first kappa shape index (κ1) is 19.4. The number of carbonyl (C=O) groups excluding carboxylic acids is 1. The van der Waals surface area contributed by atoms with Gasteiger partial charge in [-0.3, -0.25) is 9.78 Å². The number of hydrogen-bond acceptors (Lipinski definition) is 3. The van der Waals surface area contributed by atoms with Crippen molar-refractivity contribution in [2.75, 3.05) is 11.1 Å². The van der Waals surface area contributed by atoms with Gasteiger partial charge in [0.15, 0.2) is 0 Å². The summed E-state index contributed by atoms with van der Waals surface area (Å²) in [6, 6.07) is 16.3. The van der Waals surface area contributed by atoms with E-state index in [-0.39, 0.29) is 5.91 Å². The van der Waals surface area contributed by atoms with Gasteiger partial charge in [0.2, 0.25) is 5.91 Å². The number of anilines is 1. The van der Waals surface area contributed by atoms with Crippen molar-refractivity contribution in [1.82, 2.24) is 4.98 Å². The van der Waals surface area contributed by atoms with Gasteiger partial charge in [0.25, 0.3) is 0 Å². The topological polar surface area (TPSA) is 42.0 Å². The Hall–Kier alpha value is -2.33. The molecule has 1 heterocycles. The van der Waals surface area contributed by atoms with Crippen LogP contribution in [0.5, 0.6) is 0 Å². The van der Waals surface area contributed by atoms with E-state index in [1.54, 1.807) is 18.0 Å². The van der Waals surface area contributed by atoms with Crippen LogP contribution in [-0.4, -0.2) is 16.6 Å². The van der Waals surface area contributed by atoms with E-state index < -0.39 is 0 Å². The minimum Gasteiger partial charge on any atom is -0.325 e. The van der Waals surface area contributed by atoms with Crippen molar-refractivity contribution in [2.24, 2.45) is 0 Å². The maximum atomic E-state index is 12.7. The van der Waals surface area contributed by atoms with Crippen LogP contribution < -0.4 is 5.32 Å². The normalized spacial score (nSPS) is 11.3. The molecule has 0 radical (unpaired) electrons. The van der Waals surface area contributed by atoms with Gasteiger partial charge in [-0.1, -0.05) is 64.1 Å². The average molecular weight is 379 g/mol. The Morgan fingerprint density at radius 3 is 2.30 bits per heavy atom. The van der Waals surface area contributed by atoms with Crippen LogP contribution in [0.1, 0.15) is 50.7 Å². The van der Waals surface area contributed by atoms with Crippen molar-refractivity contribution in [3.8, 4) is 0 Å². The molecule has 0 bridgehead atoms. The van der Waals surface area contributed by atoms with Crippen LogP contribution >= 0.6 is 11.8 Å². The Labute approximate surface area is 165 Å². The van der Waals surface area contributed by atoms with Crippen LogP contribution in [0.3, 0.4) is 0 Å². The lowest BCUT2D eigenvalue weighted by Crippen LogP contribution is -2.17. The molecule has 27 heavy (non-hydrogen) atoms. The first-order valence-corrected chi connectivity index (χ1v) is 10.3. The third-order valence-corrected chi connectivity index (χ3v) is 5.68. The van der Waals surface area contributed by atoms with E-state index in [1.807, 2.05) is 30.3 Å². The maximum Gasteiger partial charge on any atom is 0.234 e. The number of hydrogen-bond donors (Lipinski definition) is 1. The predicted molar refractivity (Wildman–Crippen MR) is 116 cm³/mol. The fourth-order valence-corrected chi connectivity index (χ4v) is 4.05. The number of rotatable bonds is 6. The van der Waals surface area contributed by atoms with Gasteiger partial charge in [0.1, 0.15) is 0 Å². The van der Waals surface area contributed by atoms with E-state index in [0.29, 0.717) is 17.6 Å². The highest BCUT2D eigenvalue weighted by atomic mass is 32.2. The van der Waals surface area contributed by atoms with Crippen molar-refractivity contribution in [2.45, 2.75) is 44.4 Å². The lowest BCUT2D eigenvalue weighted by molar-refractivity contribution is -0.113. The highest BCUT2D eigenvalue weighted by Gasteiger charge is 2.16. The molecule has 3 nitrogen and oxygen atoms in total. The van der Waals surface area contributed by atoms with E-state index in [9.17, 15) is 4.79 Å². The predicted octanol–water partition coefficient (Wildman–Crippen LogP) is 6.21. The molecule has 0 atom stereocenters. The summed E-state index contributed by atoms with van der Waals surface area (Å²) in [6.07, 6.45) is 1.80. The van der Waals surface area contributed by atoms with Crippen LogP contribution in [0.25, 0.3) is 10.9 Å². The first-order valence-electron chi connectivity index (χ1n) is 9.36. The summed E-state index contributed by atoms with van der Waals surface area (Å²) in [5.74, 6) is 1.11. The Balaban J connectivity index is 1.78. The first-order chi connectivity index (χ1) is 13.0. The van der Waals surface area contributed by atoms with Crippen molar-refractivity contribution in [3.05, 3.63) is 65.9 Å². The standard InChI is InChI=1S/C23H26N2OS/c1-15(2)17-9-7-10-18(16(3)4)23(17)25-22(26)14-27-21-12-13-24-20-11-6-5-8-19(20)21/h5-13,15-16H,14H2,1-4H3,(H,25,26). The molecule has 3 aromatic rings. The molecular weight excluding hydrogens is 352 g/mol. The summed E-state index contributed by atoms with van der Waals surface area (Å²) in [6.45, 7) is 8.64. The number of carbonyl (C=O) groups is 1. The van der Waals surface area contributed by atoms with Crippen LogP contribution in [-0.2, 0) is 4.79 Å². The fourth-order valence-electron chi connectivity index (χ4n) is 3.21. The van der Waals surface area contributed by atoms with Crippen LogP contribution in [0.2, 0.25) is 0 Å². The van der Waals surface area contributed by atoms with Crippen LogP contribution in [0.15, 0.2) is 59.6 Å². The van der Waals surface area contributed by atoms with Gasteiger partial charge in [-0.2, -0.15) is 0 Å². The molecule has 1 N–H and O–H groups in total. The smallest absolute Gasteiger partial charge is 0.234 e. The highest BCUT2D eigenvalue weighted by Crippen LogP contribution is 2.33. The lowest BCUT2D eigenvalue weighted by atomic mass is 9.92. The number of pyridine rings is 1. The minimum atomic E-state index is 0.0240. The van der Waals surface area contributed by atoms with Crippen LogP contribution in [0, 0.1) is 0 Å². The largest absolute Gasteiger partial charge is 0.325 e. The molecule has 1 aromatic heterocycles. The summed E-state index contributed by atoms with van der Waals surface area (Å²) >= 11 is 1.55. The van der Waals surface area contributed by atoms with Gasteiger partial charge in [-0.25, -0.2) is 0 Å². The zero-order valence-corrected chi connectivity index (χ0v) is 17.1. The Morgan fingerprint density at radius 1 is 0.963 bits per heavy atom. The summed E-state index contributed by atoms with van der Waals surface area (Å²) in [7, 11) is 0. The van der Waals surface area contributed by atoms with E-state index in [0.717, 1.165) is 21.5 Å². The van der Waals surface area contributed by atoms with Crippen molar-refractivity contribution < 1.29 is 4.79 Å². The number of thioether (sulfide) groups is 1. The zero-order chi connectivity index (χ0) is 19.4. The molecule has 0 fully saturated rings. The Morgan fingerprint density at radius 2 is 1.63 bits per heavy atom. The SMILES string of the molecule is CC(C)c1cccc(C(C)C)c1NC(=O)CSc1ccnc2ccccc12. The maximum absolute atomic E-state index is 12.7. The third-order valence-electron chi connectivity index (χ3n) is 4.61. The molecule has 0 saturated carbocycles. The molecule has 0 saturated heterocycles. The van der Waals surface area contributed by atoms with Crippen molar-refractivity contribution in [1.29, 1.82) is 0 Å². The fraction of sp³-hybridized carbons (Fsp3) is 0.304. The highest BCUT2D eigenvalue weighted by molar-refractivity contribution is 8.00. The molecular formula is C23H26N2OS. The van der Waals surface area contributed by atoms with E-state index >= 15 is 0 Å². The number of benzene rings is 2. The van der Waals surface area contributed by atoms with E-state index in [4.69, 9.17) is 0 Å². The second kappa shape index (κ2) is 8.57. The van der Waals surface area contributed by atoms with E-state index in [2.05, 4.69) is 56.2 Å². The summed E-state index contributed by atoms with van der Waals surface area (Å²) in [5.41, 5.74) is 4.31. The number of fused-ring (bicyclic) bond motifs is 1. The molecule has 0 aliphatic rings. The molecule has 0 spiro atoms. The molecule has 140 valence electrons. The summed E-state index contributed by atoms with van der Waals surface area (Å²) < 4.78 is 0. The average Bonchev–Trinajstić information content (AvgIpc) is 2.66. The number of para-hydroxylation sites is 2. The second-order valence-electron chi connectivity index (χ2n) is 7.28. The quantitative estimate of drug-likeness (QED) is 0.518. The Kier molecular flexibility index (Phi) is 6.17. The number of nitrogens with zero attached hydrogens (tertiary/aromatic N) is 1. The molecule has 2 aromatic carbocycles. The van der Waals surface area contributed by atoms with Gasteiger partial charge in [0, 0.05) is 22.2 Å². The molecule has 0 aliphatic carbocycles. The number of aromatic nitrogens is 1. The second-order valence-corrected chi connectivity index (χ2v) is 8.30. The third kappa shape index (κ3) is 4.51. The van der Waals surface area contributed by atoms with Gasteiger partial charge in [-0.15, -0.1) is 11.8 Å². The number of nitrogens with one attached hydrogen (secondary N) is 1. The minimum absolute atomic E-state index is 0.0240. The molecule has 0 unspecified atom stereocenters. The summed E-state index contributed by atoms with van der Waals surface area (Å²) in [5, 5.41) is 4.27. The molecule has 4 heteroatoms. The molecule has 0 aliphatic heterocycles. The molecule has 1 amide bonds. The van der Waals surface area contributed by atoms with Crippen molar-refractivity contribution >= 4 is 34.3 Å². The monoisotopic (exact) mass is 378 g/mol. The van der Waals surface area contributed by atoms with Gasteiger partial charge >= 0.3 is 0 Å². The summed E-state index contributed by atoms with van der Waals surface area (Å²) in [4.78, 5) is 18.2. The van der Waals surface area contributed by atoms with Gasteiger partial charge in [-0.05, 0) is 35.1 Å². The Bertz CT molecular complexity index is 919. The zero-order valence-electron chi connectivity index (χ0n) is 16.3. The van der Waals surface area contributed by atoms with E-state index in [1.165, 1.54) is 11.1 Å². The number of amides is 1. The van der Waals surface area contributed by atoms with Gasteiger partial charge < -0.3 is 5.32 Å². The van der Waals surface area contributed by atoms with Crippen molar-refractivity contribution in [3.63, 3.8) is 0 Å².